The second-order valence-corrected chi connectivity index (χ2v) is 14.7. The maximum atomic E-state index is 13.1. The van der Waals surface area contributed by atoms with Crippen LogP contribution in [0.5, 0.6) is 5.75 Å². The van der Waals surface area contributed by atoms with Gasteiger partial charge >= 0.3 is 5.97 Å². The third-order valence-corrected chi connectivity index (χ3v) is 12.8. The summed E-state index contributed by atoms with van der Waals surface area (Å²) in [4.78, 5) is 25.6. The summed E-state index contributed by atoms with van der Waals surface area (Å²) in [6.45, 7) is 6.78. The number of fused-ring (bicyclic) bond motifs is 5. The van der Waals surface area contributed by atoms with Gasteiger partial charge in [-0.25, -0.2) is 4.79 Å². The number of ether oxygens (including phenoxy) is 2. The van der Waals surface area contributed by atoms with Gasteiger partial charge in [-0.05, 0) is 115 Å². The van der Waals surface area contributed by atoms with E-state index in [4.69, 9.17) is 9.47 Å². The number of esters is 1. The summed E-state index contributed by atoms with van der Waals surface area (Å²) in [5.41, 5.74) is 0.641. The van der Waals surface area contributed by atoms with Crippen molar-refractivity contribution in [2.24, 2.45) is 46.3 Å². The van der Waals surface area contributed by atoms with Crippen LogP contribution in [0.25, 0.3) is 0 Å². The molecule has 1 amide bonds. The summed E-state index contributed by atoms with van der Waals surface area (Å²) >= 11 is 0. The first-order valence-corrected chi connectivity index (χ1v) is 16.5. The molecule has 8 nitrogen and oxygen atoms in total. The minimum Gasteiger partial charge on any atom is -0.497 e. The fraction of sp³-hybridized carbons (Fsp3) is 0.771. The lowest BCUT2D eigenvalue weighted by atomic mass is 9.43. The molecule has 0 radical (unpaired) electrons. The number of aliphatic hydroxyl groups is 3. The quantitative estimate of drug-likeness (QED) is 0.313. The predicted molar refractivity (Wildman–Crippen MR) is 163 cm³/mol. The van der Waals surface area contributed by atoms with Crippen molar-refractivity contribution >= 4 is 11.9 Å². The van der Waals surface area contributed by atoms with Crippen molar-refractivity contribution in [2.75, 3.05) is 14.2 Å². The number of rotatable bonds is 9. The Labute approximate surface area is 256 Å². The van der Waals surface area contributed by atoms with E-state index in [2.05, 4.69) is 26.1 Å². The van der Waals surface area contributed by atoms with Crippen LogP contribution in [0.15, 0.2) is 24.3 Å². The van der Waals surface area contributed by atoms with Crippen LogP contribution in [-0.2, 0) is 20.7 Å². The summed E-state index contributed by atoms with van der Waals surface area (Å²) in [6, 6.07) is 6.64. The van der Waals surface area contributed by atoms with Crippen LogP contribution < -0.4 is 10.1 Å². The van der Waals surface area contributed by atoms with E-state index in [1.165, 1.54) is 7.11 Å². The van der Waals surface area contributed by atoms with Crippen LogP contribution in [0.2, 0.25) is 0 Å². The Morgan fingerprint density at radius 3 is 2.40 bits per heavy atom. The molecule has 4 N–H and O–H groups in total. The first kappa shape index (κ1) is 32.2. The average Bonchev–Trinajstić information content (AvgIpc) is 3.35. The molecule has 12 atom stereocenters. The largest absolute Gasteiger partial charge is 0.497 e. The number of hydrogen-bond donors (Lipinski definition) is 4. The highest BCUT2D eigenvalue weighted by Gasteiger charge is 2.65. The second-order valence-electron chi connectivity index (χ2n) is 14.7. The summed E-state index contributed by atoms with van der Waals surface area (Å²) < 4.78 is 10.2. The highest BCUT2D eigenvalue weighted by molar-refractivity contribution is 5.84. The maximum absolute atomic E-state index is 13.1. The summed E-state index contributed by atoms with van der Waals surface area (Å²) in [7, 11) is 2.93. The highest BCUT2D eigenvalue weighted by Crippen LogP contribution is 2.68. The van der Waals surface area contributed by atoms with Gasteiger partial charge in [0.2, 0.25) is 5.91 Å². The summed E-state index contributed by atoms with van der Waals surface area (Å²) in [5, 5.41) is 36.6. The molecule has 0 unspecified atom stereocenters. The molecule has 8 heteroatoms. The van der Waals surface area contributed by atoms with Crippen LogP contribution in [0.3, 0.4) is 0 Å². The molecule has 4 aliphatic rings. The number of benzene rings is 1. The van der Waals surface area contributed by atoms with E-state index in [-0.39, 0.29) is 52.4 Å². The zero-order chi connectivity index (χ0) is 31.1. The van der Waals surface area contributed by atoms with Crippen molar-refractivity contribution in [3.63, 3.8) is 0 Å². The molecule has 0 bridgehead atoms. The Bertz CT molecular complexity index is 1140. The van der Waals surface area contributed by atoms with Gasteiger partial charge in [0.15, 0.2) is 0 Å². The lowest BCUT2D eigenvalue weighted by molar-refractivity contribution is -0.207. The minimum absolute atomic E-state index is 0.0508. The van der Waals surface area contributed by atoms with Crippen molar-refractivity contribution in [2.45, 2.75) is 109 Å². The maximum Gasteiger partial charge on any atom is 0.328 e. The molecule has 0 aromatic heterocycles. The molecule has 0 aliphatic heterocycles. The van der Waals surface area contributed by atoms with E-state index in [1.807, 2.05) is 24.3 Å². The number of amides is 1. The van der Waals surface area contributed by atoms with Crippen LogP contribution in [0.1, 0.15) is 84.1 Å². The van der Waals surface area contributed by atoms with Gasteiger partial charge in [0.05, 0.1) is 32.5 Å². The van der Waals surface area contributed by atoms with E-state index in [9.17, 15) is 24.9 Å². The Morgan fingerprint density at radius 2 is 1.72 bits per heavy atom. The van der Waals surface area contributed by atoms with Gasteiger partial charge in [0.1, 0.15) is 11.8 Å². The molecule has 43 heavy (non-hydrogen) atoms. The predicted octanol–water partition coefficient (Wildman–Crippen LogP) is 4.27. The zero-order valence-electron chi connectivity index (χ0n) is 26.6. The zero-order valence-corrected chi connectivity index (χ0v) is 26.6. The van der Waals surface area contributed by atoms with E-state index >= 15 is 0 Å². The van der Waals surface area contributed by atoms with Crippen molar-refractivity contribution in [3.05, 3.63) is 29.8 Å². The van der Waals surface area contributed by atoms with Gasteiger partial charge in [-0.15, -0.1) is 0 Å². The molecular weight excluding hydrogens is 546 g/mol. The molecule has 0 heterocycles. The number of aliphatic hydroxyl groups excluding tert-OH is 3. The molecule has 4 fully saturated rings. The molecule has 5 rings (SSSR count). The third-order valence-electron chi connectivity index (χ3n) is 12.8. The first-order chi connectivity index (χ1) is 20.4. The molecule has 4 saturated carbocycles. The molecule has 4 aliphatic carbocycles. The van der Waals surface area contributed by atoms with Crippen molar-refractivity contribution in [1.82, 2.24) is 5.32 Å². The standard InChI is InChI=1S/C35H53NO7/c1-20(6-13-31(40)36-28(33(41)43-5)16-21-7-9-24(42-4)10-8-21)25-11-12-26-32-27(19-30(39)35(25,26)3)34(2)15-14-23(37)17-22(34)18-29(32)38/h7-10,20,22-23,25-30,32,37-39H,6,11-19H2,1-5H3,(H,36,40)/t20-,22+,23-,25-,26+,27+,28+,29-,30+,32+,34+,35-/m1/s1. The van der Waals surface area contributed by atoms with Gasteiger partial charge in [-0.2, -0.15) is 0 Å². The van der Waals surface area contributed by atoms with Crippen molar-refractivity contribution in [3.8, 4) is 5.75 Å². The van der Waals surface area contributed by atoms with Crippen LogP contribution in [0.4, 0.5) is 0 Å². The second kappa shape index (κ2) is 12.7. The normalized spacial score (nSPS) is 39.9. The Balaban J connectivity index is 1.22. The fourth-order valence-corrected chi connectivity index (χ4v) is 10.3. The van der Waals surface area contributed by atoms with Gasteiger partial charge in [0, 0.05) is 12.8 Å². The van der Waals surface area contributed by atoms with E-state index < -0.39 is 24.2 Å². The Hall–Kier alpha value is -2.16. The molecule has 240 valence electrons. The molecule has 1 aromatic carbocycles. The van der Waals surface area contributed by atoms with Crippen LogP contribution in [0, 0.1) is 46.3 Å². The number of nitrogens with one attached hydrogen (secondary N) is 1. The monoisotopic (exact) mass is 599 g/mol. The smallest absolute Gasteiger partial charge is 0.328 e. The minimum atomic E-state index is -0.773. The Kier molecular flexibility index (Phi) is 9.51. The highest BCUT2D eigenvalue weighted by atomic mass is 16.5. The summed E-state index contributed by atoms with van der Waals surface area (Å²) in [6.07, 6.45) is 6.10. The fourth-order valence-electron chi connectivity index (χ4n) is 10.3. The van der Waals surface area contributed by atoms with Gasteiger partial charge in [0.25, 0.3) is 0 Å². The SMILES string of the molecule is COC(=O)[C@H](Cc1ccc(OC)cc1)NC(=O)CC[C@@H](C)[C@H]1CC[C@H]2[C@@H]3[C@H](O)C[C@@H]4C[C@H](O)CC[C@]4(C)[C@H]3C[C@H](O)[C@]12C. The van der Waals surface area contributed by atoms with Crippen LogP contribution >= 0.6 is 0 Å². The van der Waals surface area contributed by atoms with Gasteiger partial charge in [-0.1, -0.05) is 32.9 Å². The van der Waals surface area contributed by atoms with Gasteiger partial charge in [-0.3, -0.25) is 4.79 Å². The molecule has 0 spiro atoms. The average molecular weight is 600 g/mol. The van der Waals surface area contributed by atoms with E-state index in [0.29, 0.717) is 31.6 Å². The van der Waals surface area contributed by atoms with Crippen LogP contribution in [-0.4, -0.2) is 65.8 Å². The number of carbonyl (C=O) groups excluding carboxylic acids is 2. The molecular formula is C35H53NO7. The number of hydrogen-bond acceptors (Lipinski definition) is 7. The van der Waals surface area contributed by atoms with Crippen molar-refractivity contribution in [1.29, 1.82) is 0 Å². The first-order valence-electron chi connectivity index (χ1n) is 16.5. The Morgan fingerprint density at radius 1 is 1.00 bits per heavy atom. The summed E-state index contributed by atoms with van der Waals surface area (Å²) in [5.74, 6) is 1.52. The topological polar surface area (TPSA) is 125 Å². The lowest BCUT2D eigenvalue weighted by Gasteiger charge is -2.63. The van der Waals surface area contributed by atoms with E-state index in [0.717, 1.165) is 49.8 Å². The van der Waals surface area contributed by atoms with Gasteiger partial charge < -0.3 is 30.1 Å². The number of methoxy groups -OCH3 is 2. The lowest BCUT2D eigenvalue weighted by Crippen LogP contribution is -2.62. The number of carbonyl (C=O) groups is 2. The van der Waals surface area contributed by atoms with E-state index in [1.54, 1.807) is 7.11 Å². The van der Waals surface area contributed by atoms with Crippen molar-refractivity contribution < 1.29 is 34.4 Å². The molecule has 1 aromatic rings. The third kappa shape index (κ3) is 5.96. The molecule has 0 saturated heterocycles.